The van der Waals surface area contributed by atoms with Crippen LogP contribution in [-0.4, -0.2) is 14.6 Å². The van der Waals surface area contributed by atoms with Gasteiger partial charge in [0.15, 0.2) is 0 Å². The average Bonchev–Trinajstić information content (AvgIpc) is 3.23. The topological polar surface area (TPSA) is 50.7 Å². The van der Waals surface area contributed by atoms with Crippen LogP contribution in [0.4, 0.5) is 4.39 Å². The first-order valence-corrected chi connectivity index (χ1v) is 9.20. The number of hydrogen-bond acceptors (Lipinski definition) is 6. The van der Waals surface area contributed by atoms with E-state index in [1.54, 1.807) is 23.5 Å². The standard InChI is InChI=1S/C16H15FN4S2/c17-11-6-4-10(5-7-11)16-19-15-13(2-1-3-14(15)23-16)18-8-12-9-22-21-20-12/h4-7,9,13,18H,1-3,8H2/t13-/m1/s1. The number of fused-ring (bicyclic) bond motifs is 1. The first-order valence-electron chi connectivity index (χ1n) is 7.54. The zero-order valence-electron chi connectivity index (χ0n) is 12.3. The molecule has 118 valence electrons. The van der Waals surface area contributed by atoms with Crippen molar-refractivity contribution in [2.24, 2.45) is 0 Å². The van der Waals surface area contributed by atoms with Crippen LogP contribution in [0.1, 0.15) is 35.1 Å². The van der Waals surface area contributed by atoms with E-state index in [0.717, 1.165) is 41.2 Å². The van der Waals surface area contributed by atoms with Crippen LogP contribution in [0, 0.1) is 5.82 Å². The third-order valence-electron chi connectivity index (χ3n) is 3.98. The van der Waals surface area contributed by atoms with Gasteiger partial charge in [-0.1, -0.05) is 4.49 Å². The van der Waals surface area contributed by atoms with Crippen molar-refractivity contribution in [3.8, 4) is 10.6 Å². The summed E-state index contributed by atoms with van der Waals surface area (Å²) in [6, 6.07) is 6.82. The number of rotatable bonds is 4. The van der Waals surface area contributed by atoms with E-state index in [1.165, 1.54) is 28.5 Å². The number of thiazole rings is 1. The van der Waals surface area contributed by atoms with Crippen molar-refractivity contribution < 1.29 is 4.39 Å². The first kappa shape index (κ1) is 14.9. The molecule has 3 aromatic rings. The van der Waals surface area contributed by atoms with Crippen molar-refractivity contribution in [2.75, 3.05) is 0 Å². The summed E-state index contributed by atoms with van der Waals surface area (Å²) < 4.78 is 17.0. The summed E-state index contributed by atoms with van der Waals surface area (Å²) in [5, 5.41) is 10.5. The third-order valence-corrected chi connectivity index (χ3v) is 5.71. The molecule has 1 N–H and O–H groups in total. The summed E-state index contributed by atoms with van der Waals surface area (Å²) in [6.07, 6.45) is 3.31. The molecule has 0 fully saturated rings. The highest BCUT2D eigenvalue weighted by molar-refractivity contribution is 7.15. The van der Waals surface area contributed by atoms with Crippen LogP contribution in [0.5, 0.6) is 0 Å². The Labute approximate surface area is 141 Å². The van der Waals surface area contributed by atoms with Gasteiger partial charge in [-0.3, -0.25) is 0 Å². The van der Waals surface area contributed by atoms with Gasteiger partial charge in [-0.2, -0.15) is 0 Å². The number of halogens is 1. The molecule has 0 amide bonds. The van der Waals surface area contributed by atoms with Crippen LogP contribution in [0.15, 0.2) is 29.6 Å². The van der Waals surface area contributed by atoms with E-state index < -0.39 is 0 Å². The summed E-state index contributed by atoms with van der Waals surface area (Å²) in [4.78, 5) is 6.17. The molecule has 1 aromatic carbocycles. The minimum atomic E-state index is -0.216. The molecule has 0 saturated carbocycles. The number of nitrogens with zero attached hydrogens (tertiary/aromatic N) is 3. The highest BCUT2D eigenvalue weighted by atomic mass is 32.1. The van der Waals surface area contributed by atoms with Gasteiger partial charge in [0.25, 0.3) is 0 Å². The quantitative estimate of drug-likeness (QED) is 0.777. The van der Waals surface area contributed by atoms with Crippen molar-refractivity contribution in [3.05, 3.63) is 51.7 Å². The first-order chi connectivity index (χ1) is 11.3. The fourth-order valence-electron chi connectivity index (χ4n) is 2.82. The Morgan fingerprint density at radius 3 is 2.91 bits per heavy atom. The zero-order valence-corrected chi connectivity index (χ0v) is 14.0. The van der Waals surface area contributed by atoms with Crippen molar-refractivity contribution in [3.63, 3.8) is 0 Å². The Morgan fingerprint density at radius 2 is 2.13 bits per heavy atom. The van der Waals surface area contributed by atoms with Crippen LogP contribution < -0.4 is 5.32 Å². The van der Waals surface area contributed by atoms with E-state index in [-0.39, 0.29) is 11.9 Å². The van der Waals surface area contributed by atoms with Crippen molar-refractivity contribution in [1.82, 2.24) is 19.9 Å². The maximum atomic E-state index is 13.1. The smallest absolute Gasteiger partial charge is 0.123 e. The second-order valence-electron chi connectivity index (χ2n) is 5.56. The predicted molar refractivity (Wildman–Crippen MR) is 89.9 cm³/mol. The Balaban J connectivity index is 1.56. The fourth-order valence-corrected chi connectivity index (χ4v) is 4.44. The molecule has 4 nitrogen and oxygen atoms in total. The highest BCUT2D eigenvalue weighted by Crippen LogP contribution is 2.37. The number of benzene rings is 1. The van der Waals surface area contributed by atoms with E-state index in [4.69, 9.17) is 4.98 Å². The molecular formula is C16H15FN4S2. The van der Waals surface area contributed by atoms with Crippen LogP contribution in [0.2, 0.25) is 0 Å². The van der Waals surface area contributed by atoms with Gasteiger partial charge in [-0.05, 0) is 55.1 Å². The lowest BCUT2D eigenvalue weighted by molar-refractivity contribution is 0.450. The molecule has 0 aliphatic heterocycles. The average molecular weight is 346 g/mol. The lowest BCUT2D eigenvalue weighted by Gasteiger charge is -2.21. The van der Waals surface area contributed by atoms with Gasteiger partial charge in [0.05, 0.1) is 17.4 Å². The van der Waals surface area contributed by atoms with E-state index in [1.807, 2.05) is 5.38 Å². The largest absolute Gasteiger partial charge is 0.303 e. The van der Waals surface area contributed by atoms with E-state index in [2.05, 4.69) is 14.9 Å². The molecule has 0 saturated heterocycles. The minimum Gasteiger partial charge on any atom is -0.303 e. The maximum absolute atomic E-state index is 13.1. The molecule has 1 atom stereocenters. The minimum absolute atomic E-state index is 0.216. The molecule has 0 unspecified atom stereocenters. The molecule has 2 aromatic heterocycles. The van der Waals surface area contributed by atoms with E-state index in [9.17, 15) is 4.39 Å². The number of aryl methyl sites for hydroxylation is 1. The summed E-state index contributed by atoms with van der Waals surface area (Å²) >= 11 is 3.09. The molecule has 23 heavy (non-hydrogen) atoms. The Bertz CT molecular complexity index is 783. The Kier molecular flexibility index (Phi) is 4.15. The van der Waals surface area contributed by atoms with Crippen molar-refractivity contribution in [1.29, 1.82) is 0 Å². The molecule has 7 heteroatoms. The molecule has 2 heterocycles. The summed E-state index contributed by atoms with van der Waals surface area (Å²) in [7, 11) is 0. The molecule has 0 radical (unpaired) electrons. The Hall–Kier alpha value is -1.70. The van der Waals surface area contributed by atoms with Crippen LogP contribution in [0.25, 0.3) is 10.6 Å². The van der Waals surface area contributed by atoms with Crippen molar-refractivity contribution >= 4 is 22.9 Å². The van der Waals surface area contributed by atoms with E-state index >= 15 is 0 Å². The summed E-state index contributed by atoms with van der Waals surface area (Å²) in [5.74, 6) is -0.216. The maximum Gasteiger partial charge on any atom is 0.123 e. The van der Waals surface area contributed by atoms with E-state index in [0.29, 0.717) is 6.54 Å². The normalized spacial score (nSPS) is 17.2. The number of nitrogens with one attached hydrogen (secondary N) is 1. The second kappa shape index (κ2) is 6.43. The monoisotopic (exact) mass is 346 g/mol. The molecule has 1 aliphatic carbocycles. The summed E-state index contributed by atoms with van der Waals surface area (Å²) in [5.41, 5.74) is 3.09. The van der Waals surface area contributed by atoms with Crippen LogP contribution in [-0.2, 0) is 13.0 Å². The number of hydrogen-bond donors (Lipinski definition) is 1. The van der Waals surface area contributed by atoms with Gasteiger partial charge in [0.1, 0.15) is 10.8 Å². The molecule has 4 rings (SSSR count). The van der Waals surface area contributed by atoms with Gasteiger partial charge in [0.2, 0.25) is 0 Å². The molecule has 1 aliphatic rings. The van der Waals surface area contributed by atoms with Crippen LogP contribution >= 0.6 is 22.9 Å². The molecule has 0 bridgehead atoms. The third kappa shape index (κ3) is 3.17. The lowest BCUT2D eigenvalue weighted by Crippen LogP contribution is -2.24. The predicted octanol–water partition coefficient (Wildman–Crippen LogP) is 3.97. The SMILES string of the molecule is Fc1ccc(-c2nc3c(s2)CCC[C@H]3NCc2csnn2)cc1. The zero-order chi connectivity index (χ0) is 15.6. The van der Waals surface area contributed by atoms with Gasteiger partial charge >= 0.3 is 0 Å². The molecule has 0 spiro atoms. The molecular weight excluding hydrogens is 331 g/mol. The van der Waals surface area contributed by atoms with Crippen LogP contribution in [0.3, 0.4) is 0 Å². The van der Waals surface area contributed by atoms with Gasteiger partial charge in [-0.25, -0.2) is 9.37 Å². The Morgan fingerprint density at radius 1 is 1.26 bits per heavy atom. The lowest BCUT2D eigenvalue weighted by atomic mass is 9.97. The van der Waals surface area contributed by atoms with Gasteiger partial charge in [0, 0.05) is 22.4 Å². The second-order valence-corrected chi connectivity index (χ2v) is 7.25. The number of aromatic nitrogens is 3. The highest BCUT2D eigenvalue weighted by Gasteiger charge is 2.25. The summed E-state index contributed by atoms with van der Waals surface area (Å²) in [6.45, 7) is 0.712. The van der Waals surface area contributed by atoms with Gasteiger partial charge in [-0.15, -0.1) is 16.4 Å². The fraction of sp³-hybridized carbons (Fsp3) is 0.312. The van der Waals surface area contributed by atoms with Gasteiger partial charge < -0.3 is 5.32 Å². The van der Waals surface area contributed by atoms with Crippen molar-refractivity contribution in [2.45, 2.75) is 31.8 Å².